The number of anilines is 2. The van der Waals surface area contributed by atoms with Gasteiger partial charge >= 0.3 is 0 Å². The molecule has 0 aromatic heterocycles. The molecule has 2 aromatic rings. The van der Waals surface area contributed by atoms with Crippen molar-refractivity contribution in [3.8, 4) is 0 Å². The summed E-state index contributed by atoms with van der Waals surface area (Å²) in [6, 6.07) is 11.7. The highest BCUT2D eigenvalue weighted by Crippen LogP contribution is 2.62. The van der Waals surface area contributed by atoms with Crippen molar-refractivity contribution >= 4 is 37.3 Å². The SMILES string of the molecule is O=C(c1cccc(S(=O)(=O)N2CC3(CCC3)C2)c1)N1CC2(CCC3(CC3)CC2)c2cc(NS(=O)(=O)CCO)ccc21. The highest BCUT2D eigenvalue weighted by atomic mass is 32.2. The summed E-state index contributed by atoms with van der Waals surface area (Å²) in [6.45, 7) is 1.13. The third-order valence-electron chi connectivity index (χ3n) is 10.6. The molecule has 4 fully saturated rings. The normalized spacial score (nSPS) is 23.7. The Kier molecular flexibility index (Phi) is 6.18. The molecule has 41 heavy (non-hydrogen) atoms. The standard InChI is InChI=1S/C30H37N3O6S2/c34-15-16-40(36,37)31-23-5-6-26-25(18-23)30(13-11-28(9-10-28)12-14-30)21-33(26)27(35)22-3-1-4-24(17-22)41(38,39)32-19-29(20-32)7-2-8-29/h1,3-6,17-18,31,34H,2,7-16,19-21H2. The number of aliphatic hydroxyl groups excluding tert-OH is 1. The molecule has 0 atom stereocenters. The van der Waals surface area contributed by atoms with E-state index in [4.69, 9.17) is 5.11 Å². The first-order chi connectivity index (χ1) is 19.5. The number of hydrogen-bond acceptors (Lipinski definition) is 6. The van der Waals surface area contributed by atoms with Crippen LogP contribution in [0.3, 0.4) is 0 Å². The second kappa shape index (κ2) is 9.26. The first-order valence-corrected chi connectivity index (χ1v) is 17.8. The van der Waals surface area contributed by atoms with Gasteiger partial charge in [-0.05, 0) is 104 Å². The lowest BCUT2D eigenvalue weighted by Crippen LogP contribution is -2.61. The van der Waals surface area contributed by atoms with Crippen LogP contribution in [0.5, 0.6) is 0 Å². The molecule has 0 unspecified atom stereocenters. The third kappa shape index (κ3) is 4.60. The minimum atomic E-state index is -3.70. The maximum atomic E-state index is 14.0. The minimum absolute atomic E-state index is 0.147. The molecule has 3 spiro atoms. The molecule has 1 saturated heterocycles. The lowest BCUT2D eigenvalue weighted by Gasteiger charge is -2.54. The first-order valence-electron chi connectivity index (χ1n) is 14.7. The van der Waals surface area contributed by atoms with E-state index in [0.29, 0.717) is 36.3 Å². The molecule has 0 radical (unpaired) electrons. The molecule has 9 nitrogen and oxygen atoms in total. The zero-order chi connectivity index (χ0) is 28.7. The number of sulfonamides is 2. The third-order valence-corrected chi connectivity index (χ3v) is 13.6. The van der Waals surface area contributed by atoms with Gasteiger partial charge in [0.2, 0.25) is 20.0 Å². The van der Waals surface area contributed by atoms with Crippen molar-refractivity contribution < 1.29 is 26.7 Å². The fraction of sp³-hybridized carbons (Fsp3) is 0.567. The van der Waals surface area contributed by atoms with Gasteiger partial charge in [0, 0.05) is 42.0 Å². The number of nitrogens with zero attached hydrogens (tertiary/aromatic N) is 2. The molecular weight excluding hydrogens is 562 g/mol. The Morgan fingerprint density at radius 2 is 1.56 bits per heavy atom. The first kappa shape index (κ1) is 27.4. The molecule has 3 aliphatic carbocycles. The van der Waals surface area contributed by atoms with Gasteiger partial charge in [0.05, 0.1) is 17.3 Å². The van der Waals surface area contributed by atoms with Crippen LogP contribution >= 0.6 is 0 Å². The van der Waals surface area contributed by atoms with Gasteiger partial charge in [-0.2, -0.15) is 4.31 Å². The summed E-state index contributed by atoms with van der Waals surface area (Å²) in [4.78, 5) is 15.9. The summed E-state index contributed by atoms with van der Waals surface area (Å²) in [7, 11) is -7.37. The summed E-state index contributed by atoms with van der Waals surface area (Å²) in [6.07, 6.45) is 9.83. The Morgan fingerprint density at radius 1 is 0.854 bits per heavy atom. The van der Waals surface area contributed by atoms with Gasteiger partial charge < -0.3 is 10.0 Å². The van der Waals surface area contributed by atoms with E-state index in [1.54, 1.807) is 35.2 Å². The lowest BCUT2D eigenvalue weighted by molar-refractivity contribution is -0.00794. The van der Waals surface area contributed by atoms with Gasteiger partial charge in [-0.15, -0.1) is 0 Å². The highest BCUT2D eigenvalue weighted by Gasteiger charge is 2.54. The van der Waals surface area contributed by atoms with Crippen LogP contribution in [-0.2, 0) is 25.5 Å². The van der Waals surface area contributed by atoms with Crippen molar-refractivity contribution in [3.05, 3.63) is 53.6 Å². The predicted molar refractivity (Wildman–Crippen MR) is 156 cm³/mol. The van der Waals surface area contributed by atoms with Crippen LogP contribution in [0.25, 0.3) is 0 Å². The molecule has 2 N–H and O–H groups in total. The molecule has 220 valence electrons. The molecule has 11 heteroatoms. The molecule has 5 aliphatic rings. The van der Waals surface area contributed by atoms with Gasteiger partial charge in [0.1, 0.15) is 0 Å². The fourth-order valence-electron chi connectivity index (χ4n) is 7.59. The Bertz CT molecular complexity index is 1610. The van der Waals surface area contributed by atoms with Crippen LogP contribution in [0.1, 0.15) is 73.7 Å². The monoisotopic (exact) mass is 599 g/mol. The van der Waals surface area contributed by atoms with E-state index in [1.165, 1.54) is 23.2 Å². The summed E-state index contributed by atoms with van der Waals surface area (Å²) >= 11 is 0. The second-order valence-corrected chi connectivity index (χ2v) is 17.0. The van der Waals surface area contributed by atoms with Gasteiger partial charge in [-0.25, -0.2) is 16.8 Å². The number of hydrogen-bond donors (Lipinski definition) is 2. The summed E-state index contributed by atoms with van der Waals surface area (Å²) in [5.41, 5.74) is 2.77. The summed E-state index contributed by atoms with van der Waals surface area (Å²) < 4.78 is 55.6. The number of rotatable bonds is 7. The minimum Gasteiger partial charge on any atom is -0.395 e. The summed E-state index contributed by atoms with van der Waals surface area (Å²) in [5.74, 6) is -0.639. The molecule has 0 bridgehead atoms. The van der Waals surface area contributed by atoms with E-state index in [0.717, 1.165) is 56.2 Å². The van der Waals surface area contributed by atoms with E-state index < -0.39 is 26.7 Å². The Labute approximate surface area is 242 Å². The van der Waals surface area contributed by atoms with Crippen molar-refractivity contribution in [2.75, 3.05) is 41.6 Å². The van der Waals surface area contributed by atoms with Crippen molar-refractivity contribution in [1.82, 2.24) is 4.31 Å². The smallest absolute Gasteiger partial charge is 0.258 e. The Balaban J connectivity index is 1.19. The number of fused-ring (bicyclic) bond motifs is 2. The largest absolute Gasteiger partial charge is 0.395 e. The second-order valence-electron chi connectivity index (χ2n) is 13.2. The summed E-state index contributed by atoms with van der Waals surface area (Å²) in [5, 5.41) is 9.14. The number of nitrogens with one attached hydrogen (secondary N) is 1. The molecule has 1 amide bonds. The molecule has 2 aromatic carbocycles. The van der Waals surface area contributed by atoms with E-state index in [-0.39, 0.29) is 27.4 Å². The molecule has 2 heterocycles. The van der Waals surface area contributed by atoms with Crippen LogP contribution in [0, 0.1) is 10.8 Å². The van der Waals surface area contributed by atoms with Crippen molar-refractivity contribution in [3.63, 3.8) is 0 Å². The molecule has 7 rings (SSSR count). The molecule has 2 aliphatic heterocycles. The van der Waals surface area contributed by atoms with Crippen LogP contribution in [0.2, 0.25) is 0 Å². The number of benzene rings is 2. The topological polar surface area (TPSA) is 124 Å². The number of carbonyl (C=O) groups excluding carboxylic acids is 1. The average molecular weight is 600 g/mol. The predicted octanol–water partition coefficient (Wildman–Crippen LogP) is 3.85. The van der Waals surface area contributed by atoms with Crippen molar-refractivity contribution in [2.24, 2.45) is 10.8 Å². The highest BCUT2D eigenvalue weighted by molar-refractivity contribution is 7.92. The number of carbonyl (C=O) groups is 1. The lowest BCUT2D eigenvalue weighted by atomic mass is 9.65. The number of amides is 1. The van der Waals surface area contributed by atoms with Crippen molar-refractivity contribution in [2.45, 2.75) is 68.1 Å². The van der Waals surface area contributed by atoms with Crippen molar-refractivity contribution in [1.29, 1.82) is 0 Å². The van der Waals surface area contributed by atoms with Gasteiger partial charge in [0.25, 0.3) is 5.91 Å². The Morgan fingerprint density at radius 3 is 2.20 bits per heavy atom. The van der Waals surface area contributed by atoms with Gasteiger partial charge in [-0.1, -0.05) is 12.5 Å². The van der Waals surface area contributed by atoms with Gasteiger partial charge in [0.15, 0.2) is 0 Å². The molecular formula is C30H37N3O6S2. The quantitative estimate of drug-likeness (QED) is 0.498. The van der Waals surface area contributed by atoms with E-state index in [2.05, 4.69) is 4.72 Å². The zero-order valence-corrected chi connectivity index (χ0v) is 24.8. The van der Waals surface area contributed by atoms with Crippen LogP contribution in [0.15, 0.2) is 47.4 Å². The van der Waals surface area contributed by atoms with E-state index in [9.17, 15) is 21.6 Å². The fourth-order valence-corrected chi connectivity index (χ4v) is 10.1. The van der Waals surface area contributed by atoms with Gasteiger partial charge in [-0.3, -0.25) is 9.52 Å². The van der Waals surface area contributed by atoms with Crippen LogP contribution in [0.4, 0.5) is 11.4 Å². The van der Waals surface area contributed by atoms with E-state index >= 15 is 0 Å². The van der Waals surface area contributed by atoms with Crippen LogP contribution < -0.4 is 9.62 Å². The van der Waals surface area contributed by atoms with Crippen LogP contribution in [-0.4, -0.2) is 64.1 Å². The maximum Gasteiger partial charge on any atom is 0.258 e. The Hall–Kier alpha value is -2.47. The molecule has 3 saturated carbocycles. The number of aliphatic hydroxyl groups is 1. The maximum absolute atomic E-state index is 14.0. The van der Waals surface area contributed by atoms with E-state index in [1.807, 2.05) is 6.07 Å². The zero-order valence-electron chi connectivity index (χ0n) is 23.1. The average Bonchev–Trinajstić information content (AvgIpc) is 3.58.